The van der Waals surface area contributed by atoms with Crippen molar-refractivity contribution in [3.05, 3.63) is 24.3 Å². The number of anilines is 1. The second-order valence-electron chi connectivity index (χ2n) is 4.83. The summed E-state index contributed by atoms with van der Waals surface area (Å²) in [6, 6.07) is 7.78. The maximum absolute atomic E-state index is 10.1. The van der Waals surface area contributed by atoms with Gasteiger partial charge in [0.15, 0.2) is 0 Å². The van der Waals surface area contributed by atoms with Gasteiger partial charge in [-0.25, -0.2) is 0 Å². The van der Waals surface area contributed by atoms with Gasteiger partial charge in [0.05, 0.1) is 12.2 Å². The largest absolute Gasteiger partial charge is 0.494 e. The van der Waals surface area contributed by atoms with Crippen molar-refractivity contribution in [1.82, 2.24) is 0 Å². The fraction of sp³-hybridized carbons (Fsp3) is 0.571. The molecule has 0 bridgehead atoms. The fourth-order valence-electron chi connectivity index (χ4n) is 1.35. The van der Waals surface area contributed by atoms with E-state index in [1.54, 1.807) is 0 Å². The van der Waals surface area contributed by atoms with Gasteiger partial charge in [0.2, 0.25) is 0 Å². The molecule has 1 unspecified atom stereocenters. The Balaban J connectivity index is 2.60. The number of hydrogen-bond donors (Lipinski definition) is 2. The second-order valence-corrected chi connectivity index (χ2v) is 4.83. The van der Waals surface area contributed by atoms with Gasteiger partial charge in [-0.15, -0.1) is 0 Å². The number of ether oxygens (including phenoxy) is 1. The molecule has 1 rings (SSSR count). The molecule has 1 aromatic rings. The summed E-state index contributed by atoms with van der Waals surface area (Å²) in [5.41, 5.74) is 0.263. The Labute approximate surface area is 104 Å². The van der Waals surface area contributed by atoms with Gasteiger partial charge in [0.1, 0.15) is 5.75 Å². The monoisotopic (exact) mass is 237 g/mol. The minimum atomic E-state index is -0.707. The first-order chi connectivity index (χ1) is 7.95. The molecule has 0 aliphatic heterocycles. The number of hydrogen-bond acceptors (Lipinski definition) is 3. The van der Waals surface area contributed by atoms with Gasteiger partial charge in [-0.1, -0.05) is 19.9 Å². The topological polar surface area (TPSA) is 41.5 Å². The highest BCUT2D eigenvalue weighted by atomic mass is 16.5. The van der Waals surface area contributed by atoms with Crippen LogP contribution in [-0.4, -0.2) is 23.9 Å². The maximum atomic E-state index is 10.1. The van der Waals surface area contributed by atoms with Crippen molar-refractivity contribution in [2.45, 2.75) is 33.3 Å². The van der Waals surface area contributed by atoms with Gasteiger partial charge in [0.25, 0.3) is 0 Å². The molecule has 0 spiro atoms. The summed E-state index contributed by atoms with van der Waals surface area (Å²) in [7, 11) is 0. The Bertz CT molecular complexity index is 348. The van der Waals surface area contributed by atoms with Gasteiger partial charge in [0, 0.05) is 18.3 Å². The number of nitrogens with one attached hydrogen (secondary N) is 1. The molecule has 3 nitrogen and oxygen atoms in total. The van der Waals surface area contributed by atoms with Crippen LogP contribution in [0, 0.1) is 5.92 Å². The summed E-state index contributed by atoms with van der Waals surface area (Å²) in [6.07, 6.45) is 0. The normalized spacial score (nSPS) is 14.5. The van der Waals surface area contributed by atoms with E-state index in [9.17, 15) is 5.11 Å². The Morgan fingerprint density at radius 1 is 1.41 bits per heavy atom. The number of benzene rings is 1. The molecule has 96 valence electrons. The summed E-state index contributed by atoms with van der Waals surface area (Å²) in [5.74, 6) is 1.06. The van der Waals surface area contributed by atoms with Gasteiger partial charge in [-0.3, -0.25) is 0 Å². The number of rotatable bonds is 6. The first-order valence-electron chi connectivity index (χ1n) is 6.15. The van der Waals surface area contributed by atoms with Crippen LogP contribution in [0.5, 0.6) is 5.75 Å². The zero-order valence-corrected chi connectivity index (χ0v) is 11.2. The predicted molar refractivity (Wildman–Crippen MR) is 71.6 cm³/mol. The van der Waals surface area contributed by atoms with E-state index >= 15 is 0 Å². The van der Waals surface area contributed by atoms with Crippen LogP contribution in [0.25, 0.3) is 0 Å². The van der Waals surface area contributed by atoms with Gasteiger partial charge < -0.3 is 15.2 Å². The summed E-state index contributed by atoms with van der Waals surface area (Å²) in [4.78, 5) is 0. The average molecular weight is 237 g/mol. The lowest BCUT2D eigenvalue weighted by Gasteiger charge is -2.28. The van der Waals surface area contributed by atoms with Crippen LogP contribution in [0.1, 0.15) is 27.7 Å². The summed E-state index contributed by atoms with van der Waals surface area (Å²) in [6.45, 7) is 9.02. The van der Waals surface area contributed by atoms with E-state index in [2.05, 4.69) is 5.32 Å². The van der Waals surface area contributed by atoms with Crippen molar-refractivity contribution in [2.75, 3.05) is 18.5 Å². The van der Waals surface area contributed by atoms with Crippen molar-refractivity contribution in [3.8, 4) is 5.75 Å². The quantitative estimate of drug-likeness (QED) is 0.799. The van der Waals surface area contributed by atoms with E-state index in [-0.39, 0.29) is 5.92 Å². The molecule has 0 aliphatic rings. The Morgan fingerprint density at radius 3 is 2.71 bits per heavy atom. The van der Waals surface area contributed by atoms with E-state index in [0.717, 1.165) is 11.4 Å². The van der Waals surface area contributed by atoms with Gasteiger partial charge in [-0.05, 0) is 31.9 Å². The van der Waals surface area contributed by atoms with Crippen molar-refractivity contribution < 1.29 is 9.84 Å². The van der Waals surface area contributed by atoms with Crippen LogP contribution < -0.4 is 10.1 Å². The lowest BCUT2D eigenvalue weighted by molar-refractivity contribution is 0.0266. The van der Waals surface area contributed by atoms with Crippen LogP contribution in [-0.2, 0) is 0 Å². The Morgan fingerprint density at radius 2 is 2.12 bits per heavy atom. The molecule has 0 saturated heterocycles. The first kappa shape index (κ1) is 13.8. The predicted octanol–water partition coefficient (Wildman–Crippen LogP) is 2.90. The highest BCUT2D eigenvalue weighted by Gasteiger charge is 2.24. The van der Waals surface area contributed by atoms with Gasteiger partial charge >= 0.3 is 0 Å². The highest BCUT2D eigenvalue weighted by molar-refractivity contribution is 5.48. The lowest BCUT2D eigenvalue weighted by atomic mass is 9.92. The Hall–Kier alpha value is -1.22. The number of aliphatic hydroxyl groups is 1. The lowest BCUT2D eigenvalue weighted by Crippen LogP contribution is -2.38. The first-order valence-corrected chi connectivity index (χ1v) is 6.15. The smallest absolute Gasteiger partial charge is 0.121 e. The molecule has 0 saturated carbocycles. The summed E-state index contributed by atoms with van der Waals surface area (Å²) >= 11 is 0. The molecule has 0 radical (unpaired) electrons. The fourth-order valence-corrected chi connectivity index (χ4v) is 1.35. The molecule has 0 aliphatic carbocycles. The van der Waals surface area contributed by atoms with Crippen molar-refractivity contribution in [3.63, 3.8) is 0 Å². The molecular weight excluding hydrogens is 214 g/mol. The Kier molecular flexibility index (Phi) is 4.82. The van der Waals surface area contributed by atoms with Crippen LogP contribution in [0.2, 0.25) is 0 Å². The minimum absolute atomic E-state index is 0.213. The van der Waals surface area contributed by atoms with Crippen LogP contribution >= 0.6 is 0 Å². The van der Waals surface area contributed by atoms with E-state index in [4.69, 9.17) is 4.74 Å². The summed E-state index contributed by atoms with van der Waals surface area (Å²) < 4.78 is 5.42. The zero-order chi connectivity index (χ0) is 12.9. The van der Waals surface area contributed by atoms with Crippen LogP contribution in [0.3, 0.4) is 0 Å². The molecule has 1 aromatic carbocycles. The molecule has 0 amide bonds. The van der Waals surface area contributed by atoms with Crippen molar-refractivity contribution >= 4 is 5.69 Å². The zero-order valence-electron chi connectivity index (χ0n) is 11.2. The van der Waals surface area contributed by atoms with E-state index < -0.39 is 5.60 Å². The van der Waals surface area contributed by atoms with E-state index in [1.165, 1.54) is 0 Å². The SMILES string of the molecule is CCOc1cccc(NCC(C)(O)C(C)C)c1. The van der Waals surface area contributed by atoms with Crippen molar-refractivity contribution in [2.24, 2.45) is 5.92 Å². The third-order valence-corrected chi connectivity index (χ3v) is 3.04. The molecular formula is C14H23NO2. The molecule has 0 aromatic heterocycles. The average Bonchev–Trinajstić information content (AvgIpc) is 2.27. The molecule has 0 heterocycles. The minimum Gasteiger partial charge on any atom is -0.494 e. The van der Waals surface area contributed by atoms with E-state index in [0.29, 0.717) is 13.2 Å². The summed E-state index contributed by atoms with van der Waals surface area (Å²) in [5, 5.41) is 13.4. The van der Waals surface area contributed by atoms with Crippen LogP contribution in [0.15, 0.2) is 24.3 Å². The van der Waals surface area contributed by atoms with E-state index in [1.807, 2.05) is 52.0 Å². The molecule has 17 heavy (non-hydrogen) atoms. The maximum Gasteiger partial charge on any atom is 0.121 e. The van der Waals surface area contributed by atoms with Gasteiger partial charge in [-0.2, -0.15) is 0 Å². The third kappa shape index (κ3) is 4.27. The third-order valence-electron chi connectivity index (χ3n) is 3.04. The molecule has 2 N–H and O–H groups in total. The molecule has 0 fully saturated rings. The molecule has 3 heteroatoms. The van der Waals surface area contributed by atoms with Crippen molar-refractivity contribution in [1.29, 1.82) is 0 Å². The standard InChI is InChI=1S/C14H23NO2/c1-5-17-13-8-6-7-12(9-13)15-10-14(4,16)11(2)3/h6-9,11,15-16H,5,10H2,1-4H3. The highest BCUT2D eigenvalue weighted by Crippen LogP contribution is 2.20. The second kappa shape index (κ2) is 5.92. The molecule has 1 atom stereocenters. The van der Waals surface area contributed by atoms with Crippen LogP contribution in [0.4, 0.5) is 5.69 Å².